The summed E-state index contributed by atoms with van der Waals surface area (Å²) in [5, 5.41) is 18.6. The van der Waals surface area contributed by atoms with Gasteiger partial charge in [0.2, 0.25) is 5.95 Å². The van der Waals surface area contributed by atoms with Crippen molar-refractivity contribution in [3.63, 3.8) is 0 Å². The second kappa shape index (κ2) is 8.87. The minimum Gasteiger partial charge on any atom is -0.409 e. The molecule has 1 fully saturated rings. The number of likely N-dealkylation sites (N-methyl/N-ethyl adjacent to an activating group) is 1. The monoisotopic (exact) mass is 466 g/mol. The number of halogens is 4. The van der Waals surface area contributed by atoms with Crippen LogP contribution in [-0.2, 0) is 0 Å². The predicted octanol–water partition coefficient (Wildman–Crippen LogP) is 4.78. The van der Waals surface area contributed by atoms with Gasteiger partial charge < -0.3 is 25.7 Å². The van der Waals surface area contributed by atoms with Crippen molar-refractivity contribution < 1.29 is 18.4 Å². The van der Waals surface area contributed by atoms with Crippen LogP contribution in [0.1, 0.15) is 24.8 Å². The molecule has 0 spiro atoms. The number of nitrogens with one attached hydrogen (secondary N) is 3. The normalized spacial score (nSPS) is 19.2. The average Bonchev–Trinajstić information content (AvgIpc) is 3.39. The van der Waals surface area contributed by atoms with Gasteiger partial charge in [0.15, 0.2) is 17.5 Å². The van der Waals surface area contributed by atoms with Gasteiger partial charge in [0, 0.05) is 23.3 Å². The lowest BCUT2D eigenvalue weighted by Crippen LogP contribution is -2.39. The third-order valence-corrected chi connectivity index (χ3v) is 5.95. The zero-order valence-corrected chi connectivity index (χ0v) is 18.1. The van der Waals surface area contributed by atoms with Gasteiger partial charge in [0.1, 0.15) is 11.3 Å². The summed E-state index contributed by atoms with van der Waals surface area (Å²) in [6.07, 6.45) is 2.98. The standard InChI is InChI=1S/C21H22ClF3N6O/c1-31(2)16-5-3-4-15(16)27-21-28-18-11(9-14(24)17(25)19(18)29-21)20(30-32)26-10-6-7-13(23)12(22)8-10/h6-9,15-16,32H,3-5H2,1-2H3,(H,26,30)(H2,27,28,29)/t15-,16-/m1/s1. The number of amidine groups is 1. The zero-order valence-electron chi connectivity index (χ0n) is 17.4. The van der Waals surface area contributed by atoms with Crippen molar-refractivity contribution in [1.82, 2.24) is 14.9 Å². The predicted molar refractivity (Wildman–Crippen MR) is 118 cm³/mol. The van der Waals surface area contributed by atoms with Gasteiger partial charge in [0.05, 0.1) is 10.5 Å². The fourth-order valence-electron chi connectivity index (χ4n) is 4.12. The molecule has 4 rings (SSSR count). The smallest absolute Gasteiger partial charge is 0.201 e. The lowest BCUT2D eigenvalue weighted by molar-refractivity contribution is 0.284. The van der Waals surface area contributed by atoms with E-state index in [0.29, 0.717) is 5.69 Å². The number of rotatable bonds is 5. The molecule has 0 bridgehead atoms. The Balaban J connectivity index is 1.70. The van der Waals surface area contributed by atoms with Crippen LogP contribution in [0.5, 0.6) is 0 Å². The van der Waals surface area contributed by atoms with Crippen LogP contribution in [0, 0.1) is 17.5 Å². The van der Waals surface area contributed by atoms with Crippen molar-refractivity contribution in [3.8, 4) is 0 Å². The molecule has 11 heteroatoms. The van der Waals surface area contributed by atoms with Crippen LogP contribution in [0.15, 0.2) is 29.4 Å². The molecule has 3 aromatic rings. The molecule has 32 heavy (non-hydrogen) atoms. The molecule has 0 radical (unpaired) electrons. The summed E-state index contributed by atoms with van der Waals surface area (Å²) in [4.78, 5) is 9.30. The second-order valence-electron chi connectivity index (χ2n) is 7.94. The number of nitrogens with zero attached hydrogens (tertiary/aromatic N) is 3. The van der Waals surface area contributed by atoms with E-state index in [4.69, 9.17) is 11.6 Å². The number of oxime groups is 1. The van der Waals surface area contributed by atoms with Crippen molar-refractivity contribution in [2.75, 3.05) is 24.7 Å². The highest BCUT2D eigenvalue weighted by molar-refractivity contribution is 6.31. The lowest BCUT2D eigenvalue weighted by Gasteiger charge is -2.26. The summed E-state index contributed by atoms with van der Waals surface area (Å²) < 4.78 is 42.3. The van der Waals surface area contributed by atoms with Crippen LogP contribution in [0.25, 0.3) is 11.0 Å². The van der Waals surface area contributed by atoms with Crippen LogP contribution in [0.2, 0.25) is 5.02 Å². The maximum absolute atomic E-state index is 14.5. The first kappa shape index (κ1) is 22.2. The van der Waals surface area contributed by atoms with Crippen molar-refractivity contribution in [2.45, 2.75) is 31.3 Å². The summed E-state index contributed by atoms with van der Waals surface area (Å²) in [5.74, 6) is -2.81. The summed E-state index contributed by atoms with van der Waals surface area (Å²) in [7, 11) is 3.99. The lowest BCUT2D eigenvalue weighted by atomic mass is 10.1. The summed E-state index contributed by atoms with van der Waals surface area (Å²) in [5.41, 5.74) is 0.235. The van der Waals surface area contributed by atoms with Crippen LogP contribution in [0.3, 0.4) is 0 Å². The van der Waals surface area contributed by atoms with Gasteiger partial charge in [-0.2, -0.15) is 0 Å². The highest BCUT2D eigenvalue weighted by Crippen LogP contribution is 2.29. The average molecular weight is 467 g/mol. The first-order valence-electron chi connectivity index (χ1n) is 10.0. The number of aromatic amines is 1. The Morgan fingerprint density at radius 3 is 2.69 bits per heavy atom. The number of benzene rings is 2. The number of imidazole rings is 1. The molecule has 1 heterocycles. The van der Waals surface area contributed by atoms with Gasteiger partial charge in [-0.25, -0.2) is 18.2 Å². The molecule has 170 valence electrons. The van der Waals surface area contributed by atoms with Gasteiger partial charge in [-0.05, 0) is 57.6 Å². The van der Waals surface area contributed by atoms with E-state index in [1.807, 2.05) is 14.1 Å². The number of fused-ring (bicyclic) bond motifs is 1. The molecule has 1 aromatic heterocycles. The second-order valence-corrected chi connectivity index (χ2v) is 8.35. The number of aromatic nitrogens is 2. The first-order chi connectivity index (χ1) is 15.3. The van der Waals surface area contributed by atoms with Gasteiger partial charge in [-0.15, -0.1) is 0 Å². The van der Waals surface area contributed by atoms with E-state index in [-0.39, 0.29) is 45.5 Å². The number of H-pyrrole nitrogens is 1. The van der Waals surface area contributed by atoms with E-state index in [1.54, 1.807) is 0 Å². The minimum absolute atomic E-state index is 0.0398. The van der Waals surface area contributed by atoms with E-state index in [2.05, 4.69) is 30.7 Å². The molecule has 0 saturated heterocycles. The van der Waals surface area contributed by atoms with Gasteiger partial charge >= 0.3 is 0 Å². The minimum atomic E-state index is -1.15. The summed E-state index contributed by atoms with van der Waals surface area (Å²) in [6, 6.07) is 5.04. The van der Waals surface area contributed by atoms with Crippen LogP contribution in [-0.4, -0.2) is 52.1 Å². The SMILES string of the molecule is CN(C)[C@@H]1CCC[C@H]1Nc1nc2c(F)c(F)cc(/C(=N\O)Nc3ccc(F)c(Cl)c3)c2[nH]1. The molecule has 0 amide bonds. The largest absolute Gasteiger partial charge is 0.409 e. The van der Waals surface area contributed by atoms with Gasteiger partial charge in [-0.3, -0.25) is 0 Å². The van der Waals surface area contributed by atoms with E-state index in [0.717, 1.165) is 31.4 Å². The fourth-order valence-corrected chi connectivity index (χ4v) is 4.30. The highest BCUT2D eigenvalue weighted by atomic mass is 35.5. The number of hydrogen-bond donors (Lipinski definition) is 4. The van der Waals surface area contributed by atoms with Crippen LogP contribution in [0.4, 0.5) is 24.8 Å². The molecule has 1 saturated carbocycles. The summed E-state index contributed by atoms with van der Waals surface area (Å²) in [6.45, 7) is 0. The number of anilines is 2. The Morgan fingerprint density at radius 2 is 2.00 bits per heavy atom. The van der Waals surface area contributed by atoms with Crippen LogP contribution < -0.4 is 10.6 Å². The van der Waals surface area contributed by atoms with E-state index in [1.165, 1.54) is 12.1 Å². The maximum Gasteiger partial charge on any atom is 0.201 e. The van der Waals surface area contributed by atoms with E-state index in [9.17, 15) is 18.4 Å². The fraction of sp³-hybridized carbons (Fsp3) is 0.333. The molecule has 0 unspecified atom stereocenters. The quantitative estimate of drug-likeness (QED) is 0.188. The summed E-state index contributed by atoms with van der Waals surface area (Å²) >= 11 is 5.79. The molecule has 2 atom stereocenters. The third kappa shape index (κ3) is 4.20. The Labute approximate surface area is 187 Å². The van der Waals surface area contributed by atoms with Crippen molar-refractivity contribution in [3.05, 3.63) is 52.3 Å². The molecule has 1 aliphatic rings. The molecule has 1 aliphatic carbocycles. The van der Waals surface area contributed by atoms with E-state index >= 15 is 0 Å². The van der Waals surface area contributed by atoms with Crippen molar-refractivity contribution in [2.24, 2.45) is 5.16 Å². The van der Waals surface area contributed by atoms with Gasteiger partial charge in [0.25, 0.3) is 0 Å². The molecule has 2 aromatic carbocycles. The Hall–Kier alpha value is -2.98. The third-order valence-electron chi connectivity index (χ3n) is 5.66. The number of hydrogen-bond acceptors (Lipinski definition) is 5. The topological polar surface area (TPSA) is 88.6 Å². The molecule has 4 N–H and O–H groups in total. The Morgan fingerprint density at radius 1 is 1.22 bits per heavy atom. The van der Waals surface area contributed by atoms with Crippen molar-refractivity contribution in [1.29, 1.82) is 0 Å². The molecule has 7 nitrogen and oxygen atoms in total. The first-order valence-corrected chi connectivity index (χ1v) is 10.4. The van der Waals surface area contributed by atoms with Crippen LogP contribution >= 0.6 is 11.6 Å². The van der Waals surface area contributed by atoms with Gasteiger partial charge in [-0.1, -0.05) is 16.8 Å². The Bertz CT molecular complexity index is 1180. The molecule has 0 aliphatic heterocycles. The molecular formula is C21H22ClF3N6O. The molecular weight excluding hydrogens is 445 g/mol. The maximum atomic E-state index is 14.5. The highest BCUT2D eigenvalue weighted by Gasteiger charge is 2.30. The van der Waals surface area contributed by atoms with E-state index < -0.39 is 17.5 Å². The Kier molecular flexibility index (Phi) is 6.16. The zero-order chi connectivity index (χ0) is 23.0. The van der Waals surface area contributed by atoms with Crippen molar-refractivity contribution >= 4 is 40.1 Å².